The molecular weight excluding hydrogens is 288 g/mol. The van der Waals surface area contributed by atoms with E-state index in [4.69, 9.17) is 9.47 Å². The van der Waals surface area contributed by atoms with Crippen LogP contribution in [-0.4, -0.2) is 43.2 Å². The molecule has 4 rings (SSSR count). The van der Waals surface area contributed by atoms with Crippen LogP contribution >= 0.6 is 0 Å². The zero-order valence-corrected chi connectivity index (χ0v) is 14.1. The topological polar surface area (TPSA) is 37.5 Å². The van der Waals surface area contributed by atoms with Crippen LogP contribution in [-0.2, 0) is 6.42 Å². The summed E-state index contributed by atoms with van der Waals surface area (Å²) in [6.45, 7) is 8.73. The maximum Gasteiger partial charge on any atom is 0.162 e. The quantitative estimate of drug-likeness (QED) is 0.863. The number of benzene rings is 1. The van der Waals surface area contributed by atoms with Gasteiger partial charge in [-0.05, 0) is 31.4 Å². The van der Waals surface area contributed by atoms with Crippen molar-refractivity contribution in [3.63, 3.8) is 0 Å². The number of nitrogens with one attached hydrogen (secondary N) is 1. The van der Waals surface area contributed by atoms with Crippen LogP contribution in [0.1, 0.15) is 30.5 Å². The van der Waals surface area contributed by atoms with E-state index in [1.807, 2.05) is 0 Å². The van der Waals surface area contributed by atoms with Gasteiger partial charge in [0.15, 0.2) is 11.5 Å². The first-order valence-electron chi connectivity index (χ1n) is 8.29. The summed E-state index contributed by atoms with van der Waals surface area (Å²) in [4.78, 5) is 6.25. The third kappa shape index (κ3) is 2.16. The molecule has 2 aliphatic rings. The Labute approximate surface area is 137 Å². The minimum absolute atomic E-state index is 0.498. The van der Waals surface area contributed by atoms with Crippen molar-refractivity contribution in [2.75, 3.05) is 27.3 Å². The van der Waals surface area contributed by atoms with Crippen molar-refractivity contribution < 1.29 is 9.47 Å². The summed E-state index contributed by atoms with van der Waals surface area (Å²) in [7, 11) is 3.38. The highest BCUT2D eigenvalue weighted by Gasteiger charge is 2.36. The van der Waals surface area contributed by atoms with Gasteiger partial charge < -0.3 is 14.5 Å². The Morgan fingerprint density at radius 1 is 1.22 bits per heavy atom. The van der Waals surface area contributed by atoms with Crippen LogP contribution < -0.4 is 9.47 Å². The number of methoxy groups -OCH3 is 2. The molecular formula is C19H24N2O2. The van der Waals surface area contributed by atoms with Crippen molar-refractivity contribution >= 4 is 10.9 Å². The molecule has 1 aromatic carbocycles. The summed E-state index contributed by atoms with van der Waals surface area (Å²) in [6.07, 6.45) is 2.14. The summed E-state index contributed by atoms with van der Waals surface area (Å²) >= 11 is 0. The molecule has 4 heteroatoms. The molecule has 0 saturated carbocycles. The second-order valence-corrected chi connectivity index (χ2v) is 6.79. The van der Waals surface area contributed by atoms with E-state index < -0.39 is 0 Å². The van der Waals surface area contributed by atoms with Crippen LogP contribution in [0.25, 0.3) is 10.9 Å². The highest BCUT2D eigenvalue weighted by atomic mass is 16.5. The van der Waals surface area contributed by atoms with Crippen molar-refractivity contribution in [2.24, 2.45) is 0 Å². The zero-order valence-electron chi connectivity index (χ0n) is 14.1. The van der Waals surface area contributed by atoms with Crippen LogP contribution in [0.5, 0.6) is 11.5 Å². The lowest BCUT2D eigenvalue weighted by Crippen LogP contribution is -2.42. The molecule has 0 spiro atoms. The molecule has 2 aliphatic heterocycles. The summed E-state index contributed by atoms with van der Waals surface area (Å²) in [5.41, 5.74) is 5.31. The van der Waals surface area contributed by atoms with Crippen LogP contribution in [0, 0.1) is 0 Å². The Hall–Kier alpha value is -1.94. The maximum atomic E-state index is 5.50. The van der Waals surface area contributed by atoms with Gasteiger partial charge in [-0.25, -0.2) is 0 Å². The number of hydrogen-bond acceptors (Lipinski definition) is 3. The minimum Gasteiger partial charge on any atom is -0.493 e. The van der Waals surface area contributed by atoms with Crippen molar-refractivity contribution in [1.82, 2.24) is 9.88 Å². The molecule has 0 amide bonds. The molecule has 4 nitrogen and oxygen atoms in total. The van der Waals surface area contributed by atoms with Gasteiger partial charge in [0, 0.05) is 47.7 Å². The van der Waals surface area contributed by atoms with Crippen LogP contribution in [0.3, 0.4) is 0 Å². The summed E-state index contributed by atoms with van der Waals surface area (Å²) < 4.78 is 11.0. The first kappa shape index (κ1) is 14.6. The van der Waals surface area contributed by atoms with Gasteiger partial charge in [-0.3, -0.25) is 4.90 Å². The summed E-state index contributed by atoms with van der Waals surface area (Å²) in [6, 6.07) is 4.73. The predicted octanol–water partition coefficient (Wildman–Crippen LogP) is 3.48. The fraction of sp³-hybridized carbons (Fsp3) is 0.474. The molecule has 0 aliphatic carbocycles. The minimum atomic E-state index is 0.498. The van der Waals surface area contributed by atoms with E-state index in [1.165, 1.54) is 22.2 Å². The zero-order chi connectivity index (χ0) is 16.1. The van der Waals surface area contributed by atoms with Gasteiger partial charge >= 0.3 is 0 Å². The van der Waals surface area contributed by atoms with Crippen LogP contribution in [0.15, 0.2) is 24.3 Å². The van der Waals surface area contributed by atoms with E-state index in [0.717, 1.165) is 42.9 Å². The van der Waals surface area contributed by atoms with E-state index in [-0.39, 0.29) is 0 Å². The summed E-state index contributed by atoms with van der Waals surface area (Å²) in [5.74, 6) is 2.07. The first-order chi connectivity index (χ1) is 11.1. The number of piperidine rings is 1. The average molecular weight is 312 g/mol. The Kier molecular flexibility index (Phi) is 3.38. The highest BCUT2D eigenvalue weighted by molar-refractivity contribution is 5.88. The lowest BCUT2D eigenvalue weighted by Gasteiger charge is -2.38. The molecule has 1 fully saturated rings. The molecule has 23 heavy (non-hydrogen) atoms. The van der Waals surface area contributed by atoms with E-state index in [9.17, 15) is 0 Å². The molecule has 1 saturated heterocycles. The average Bonchev–Trinajstić information content (AvgIpc) is 2.88. The standard InChI is InChI=1S/C19H24N2O2/c1-11-7-14-12(2)21(10-11)6-5-13-15-8-17(22-3)18(23-4)9-16(15)20-19(13)14/h8-9,12,14,20H,1,5-7,10H2,2-4H3. The lowest BCUT2D eigenvalue weighted by atomic mass is 9.85. The number of rotatable bonds is 2. The highest BCUT2D eigenvalue weighted by Crippen LogP contribution is 2.43. The van der Waals surface area contributed by atoms with Gasteiger partial charge in [0.05, 0.1) is 14.2 Å². The predicted molar refractivity (Wildman–Crippen MR) is 92.6 cm³/mol. The van der Waals surface area contributed by atoms with Gasteiger partial charge in [0.25, 0.3) is 0 Å². The SMILES string of the molecule is C=C1CC2c3[nH]c4cc(OC)c(OC)cc4c3CCN(C1)C2C. The fourth-order valence-corrected chi connectivity index (χ4v) is 4.30. The van der Waals surface area contributed by atoms with Gasteiger partial charge in [-0.2, -0.15) is 0 Å². The normalized spacial score (nSPS) is 26.7. The number of aromatic amines is 1. The third-order valence-electron chi connectivity index (χ3n) is 5.56. The Morgan fingerprint density at radius 3 is 2.70 bits per heavy atom. The number of ether oxygens (including phenoxy) is 2. The molecule has 0 radical (unpaired) electrons. The molecule has 122 valence electrons. The second-order valence-electron chi connectivity index (χ2n) is 6.79. The largest absolute Gasteiger partial charge is 0.493 e. The monoisotopic (exact) mass is 312 g/mol. The van der Waals surface area contributed by atoms with Crippen molar-refractivity contribution in [3.05, 3.63) is 35.5 Å². The molecule has 2 aromatic rings. The van der Waals surface area contributed by atoms with Crippen molar-refractivity contribution in [1.29, 1.82) is 0 Å². The Bertz CT molecular complexity index is 777. The van der Waals surface area contributed by atoms with Crippen LogP contribution in [0.2, 0.25) is 0 Å². The van der Waals surface area contributed by atoms with E-state index in [2.05, 4.69) is 35.5 Å². The molecule has 1 aromatic heterocycles. The third-order valence-corrected chi connectivity index (χ3v) is 5.56. The number of hydrogen-bond donors (Lipinski definition) is 1. The van der Waals surface area contributed by atoms with E-state index in [1.54, 1.807) is 14.2 Å². The maximum absolute atomic E-state index is 5.50. The van der Waals surface area contributed by atoms with E-state index in [0.29, 0.717) is 12.0 Å². The number of aromatic nitrogens is 1. The second kappa shape index (κ2) is 5.31. The van der Waals surface area contributed by atoms with Gasteiger partial charge in [0.2, 0.25) is 0 Å². The Balaban J connectivity index is 1.91. The van der Waals surface area contributed by atoms with Gasteiger partial charge in [0.1, 0.15) is 0 Å². The molecule has 1 N–H and O–H groups in total. The van der Waals surface area contributed by atoms with Crippen LogP contribution in [0.4, 0.5) is 0 Å². The van der Waals surface area contributed by atoms with Crippen molar-refractivity contribution in [2.45, 2.75) is 31.7 Å². The Morgan fingerprint density at radius 2 is 1.96 bits per heavy atom. The molecule has 3 unspecified atom stereocenters. The molecule has 3 heterocycles. The lowest BCUT2D eigenvalue weighted by molar-refractivity contribution is 0.179. The fourth-order valence-electron chi connectivity index (χ4n) is 4.30. The number of H-pyrrole nitrogens is 1. The molecule has 2 bridgehead atoms. The molecule has 3 atom stereocenters. The number of fused-ring (bicyclic) bond motifs is 6. The van der Waals surface area contributed by atoms with Crippen molar-refractivity contribution in [3.8, 4) is 11.5 Å². The van der Waals surface area contributed by atoms with Gasteiger partial charge in [-0.15, -0.1) is 0 Å². The van der Waals surface area contributed by atoms with E-state index >= 15 is 0 Å². The van der Waals surface area contributed by atoms with Gasteiger partial charge in [-0.1, -0.05) is 12.2 Å². The first-order valence-corrected chi connectivity index (χ1v) is 8.29. The smallest absolute Gasteiger partial charge is 0.162 e. The number of nitrogens with zero attached hydrogens (tertiary/aromatic N) is 1. The summed E-state index contributed by atoms with van der Waals surface area (Å²) in [5, 5.41) is 1.27.